The molecule has 64 valence electrons. The number of hydrogen-bond donors (Lipinski definition) is 0. The van der Waals surface area contributed by atoms with E-state index in [2.05, 4.69) is 11.8 Å². The molecule has 1 aliphatic rings. The van der Waals surface area contributed by atoms with E-state index in [0.717, 1.165) is 19.4 Å². The summed E-state index contributed by atoms with van der Waals surface area (Å²) in [6, 6.07) is 0.147. The van der Waals surface area contributed by atoms with Gasteiger partial charge in [0.1, 0.15) is 0 Å². The predicted molar refractivity (Wildman–Crippen MR) is 45.5 cm³/mol. The third kappa shape index (κ3) is 1.62. The molecule has 0 aromatic heterocycles. The van der Waals surface area contributed by atoms with Gasteiger partial charge in [0.25, 0.3) is 0 Å². The molecule has 1 rings (SSSR count). The average molecular weight is 155 g/mol. The van der Waals surface area contributed by atoms with E-state index in [0.29, 0.717) is 11.7 Å². The smallest absolute Gasteiger partial charge is 0.152 e. The predicted octanol–water partition coefficient (Wildman–Crippen LogP) is 1.31. The van der Waals surface area contributed by atoms with E-state index >= 15 is 0 Å². The zero-order chi connectivity index (χ0) is 8.43. The van der Waals surface area contributed by atoms with Gasteiger partial charge in [-0.05, 0) is 33.4 Å². The van der Waals surface area contributed by atoms with E-state index < -0.39 is 0 Å². The number of hydrogen-bond acceptors (Lipinski definition) is 2. The summed E-state index contributed by atoms with van der Waals surface area (Å²) in [6.45, 7) is 5.18. The minimum atomic E-state index is 0.147. The van der Waals surface area contributed by atoms with Crippen molar-refractivity contribution in [3.8, 4) is 0 Å². The van der Waals surface area contributed by atoms with Gasteiger partial charge in [0.15, 0.2) is 5.78 Å². The van der Waals surface area contributed by atoms with Gasteiger partial charge in [-0.25, -0.2) is 0 Å². The van der Waals surface area contributed by atoms with Crippen molar-refractivity contribution in [2.24, 2.45) is 5.92 Å². The zero-order valence-corrected chi connectivity index (χ0v) is 7.63. The Morgan fingerprint density at radius 3 is 2.82 bits per heavy atom. The average Bonchev–Trinajstić information content (AvgIpc) is 2.01. The Balaban J connectivity index is 2.59. The van der Waals surface area contributed by atoms with Crippen LogP contribution in [0, 0.1) is 5.92 Å². The summed E-state index contributed by atoms with van der Waals surface area (Å²) in [6.07, 6.45) is 2.06. The summed E-state index contributed by atoms with van der Waals surface area (Å²) < 4.78 is 0. The molecule has 0 bridgehead atoms. The van der Waals surface area contributed by atoms with Crippen LogP contribution in [0.5, 0.6) is 0 Å². The van der Waals surface area contributed by atoms with E-state index in [4.69, 9.17) is 0 Å². The monoisotopic (exact) mass is 155 g/mol. The maximum absolute atomic E-state index is 11.5. The second kappa shape index (κ2) is 3.35. The van der Waals surface area contributed by atoms with Crippen molar-refractivity contribution in [2.45, 2.75) is 32.7 Å². The van der Waals surface area contributed by atoms with Gasteiger partial charge in [0.2, 0.25) is 0 Å². The van der Waals surface area contributed by atoms with Gasteiger partial charge >= 0.3 is 0 Å². The topological polar surface area (TPSA) is 20.3 Å². The lowest BCUT2D eigenvalue weighted by Gasteiger charge is -2.33. The Labute approximate surface area is 68.6 Å². The summed E-state index contributed by atoms with van der Waals surface area (Å²) in [5.41, 5.74) is 0. The van der Waals surface area contributed by atoms with Gasteiger partial charge in [-0.15, -0.1) is 0 Å². The van der Waals surface area contributed by atoms with Crippen LogP contribution < -0.4 is 0 Å². The summed E-state index contributed by atoms with van der Waals surface area (Å²) >= 11 is 0. The number of Topliss-reactive ketones (excluding diaryl/α,β-unsaturated/α-hetero) is 1. The highest BCUT2D eigenvalue weighted by Crippen LogP contribution is 2.20. The SMILES string of the molecule is CCC1CCN(C)C(C)C1=O. The van der Waals surface area contributed by atoms with Gasteiger partial charge in [-0.3, -0.25) is 9.69 Å². The molecule has 0 amide bonds. The molecule has 2 atom stereocenters. The fourth-order valence-corrected chi connectivity index (χ4v) is 1.66. The van der Waals surface area contributed by atoms with Crippen LogP contribution in [0.3, 0.4) is 0 Å². The van der Waals surface area contributed by atoms with Crippen LogP contribution in [-0.2, 0) is 4.79 Å². The molecule has 1 fully saturated rings. The van der Waals surface area contributed by atoms with Crippen LogP contribution in [0.2, 0.25) is 0 Å². The number of piperidine rings is 1. The second-order valence-electron chi connectivity index (χ2n) is 3.45. The van der Waals surface area contributed by atoms with Crippen molar-refractivity contribution in [1.82, 2.24) is 4.90 Å². The first-order valence-electron chi connectivity index (χ1n) is 4.40. The lowest BCUT2D eigenvalue weighted by Crippen LogP contribution is -2.45. The largest absolute Gasteiger partial charge is 0.298 e. The van der Waals surface area contributed by atoms with Crippen LogP contribution in [0.1, 0.15) is 26.7 Å². The van der Waals surface area contributed by atoms with E-state index in [1.807, 2.05) is 14.0 Å². The van der Waals surface area contributed by atoms with Crippen molar-refractivity contribution < 1.29 is 4.79 Å². The van der Waals surface area contributed by atoms with Crippen molar-refractivity contribution in [1.29, 1.82) is 0 Å². The van der Waals surface area contributed by atoms with Gasteiger partial charge in [-0.1, -0.05) is 6.92 Å². The van der Waals surface area contributed by atoms with Gasteiger partial charge in [0, 0.05) is 5.92 Å². The van der Waals surface area contributed by atoms with Gasteiger partial charge in [-0.2, -0.15) is 0 Å². The van der Waals surface area contributed by atoms with Crippen LogP contribution in [0.15, 0.2) is 0 Å². The lowest BCUT2D eigenvalue weighted by molar-refractivity contribution is -0.130. The Hall–Kier alpha value is -0.370. The minimum Gasteiger partial charge on any atom is -0.298 e. The van der Waals surface area contributed by atoms with Crippen LogP contribution in [-0.4, -0.2) is 30.3 Å². The van der Waals surface area contributed by atoms with Gasteiger partial charge in [0.05, 0.1) is 6.04 Å². The van der Waals surface area contributed by atoms with Crippen molar-refractivity contribution in [3.63, 3.8) is 0 Å². The summed E-state index contributed by atoms with van der Waals surface area (Å²) in [4.78, 5) is 13.7. The summed E-state index contributed by atoms with van der Waals surface area (Å²) in [5.74, 6) is 0.766. The fourth-order valence-electron chi connectivity index (χ4n) is 1.66. The standard InChI is InChI=1S/C9H17NO/c1-4-8-5-6-10(3)7(2)9(8)11/h7-8H,4-6H2,1-3H3. The molecule has 11 heavy (non-hydrogen) atoms. The van der Waals surface area contributed by atoms with Crippen LogP contribution in [0.25, 0.3) is 0 Å². The summed E-state index contributed by atoms with van der Waals surface area (Å²) in [5, 5.41) is 0. The number of ketones is 1. The molecule has 0 aromatic carbocycles. The van der Waals surface area contributed by atoms with Crippen LogP contribution >= 0.6 is 0 Å². The number of likely N-dealkylation sites (tertiary alicyclic amines) is 1. The number of carbonyl (C=O) groups is 1. The molecule has 1 aliphatic heterocycles. The Kier molecular flexibility index (Phi) is 2.66. The highest BCUT2D eigenvalue weighted by atomic mass is 16.1. The maximum Gasteiger partial charge on any atom is 0.152 e. The third-order valence-corrected chi connectivity index (χ3v) is 2.80. The van der Waals surface area contributed by atoms with Crippen LogP contribution in [0.4, 0.5) is 0 Å². The number of rotatable bonds is 1. The lowest BCUT2D eigenvalue weighted by atomic mass is 9.89. The molecule has 0 radical (unpaired) electrons. The molecule has 0 aliphatic carbocycles. The minimum absolute atomic E-state index is 0.147. The molecule has 2 unspecified atom stereocenters. The first kappa shape index (κ1) is 8.72. The van der Waals surface area contributed by atoms with E-state index in [-0.39, 0.29) is 6.04 Å². The normalized spacial score (nSPS) is 34.3. The second-order valence-corrected chi connectivity index (χ2v) is 3.45. The fraction of sp³-hybridized carbons (Fsp3) is 0.889. The van der Waals surface area contributed by atoms with Crippen molar-refractivity contribution in [3.05, 3.63) is 0 Å². The number of likely N-dealkylation sites (N-methyl/N-ethyl adjacent to an activating group) is 1. The first-order valence-corrected chi connectivity index (χ1v) is 4.40. The maximum atomic E-state index is 11.5. The number of nitrogens with zero attached hydrogens (tertiary/aromatic N) is 1. The molecule has 0 saturated carbocycles. The van der Waals surface area contributed by atoms with E-state index in [9.17, 15) is 4.79 Å². The van der Waals surface area contributed by atoms with Crippen molar-refractivity contribution >= 4 is 5.78 Å². The van der Waals surface area contributed by atoms with Gasteiger partial charge < -0.3 is 0 Å². The molecule has 0 aromatic rings. The van der Waals surface area contributed by atoms with Crippen molar-refractivity contribution in [2.75, 3.05) is 13.6 Å². The highest BCUT2D eigenvalue weighted by Gasteiger charge is 2.29. The molecule has 0 N–H and O–H groups in total. The summed E-state index contributed by atoms with van der Waals surface area (Å²) in [7, 11) is 2.02. The Morgan fingerprint density at radius 2 is 2.27 bits per heavy atom. The quantitative estimate of drug-likeness (QED) is 0.569. The molecule has 1 saturated heterocycles. The molecular weight excluding hydrogens is 138 g/mol. The zero-order valence-electron chi connectivity index (χ0n) is 7.63. The van der Waals surface area contributed by atoms with E-state index in [1.54, 1.807) is 0 Å². The molecular formula is C9H17NO. The Morgan fingerprint density at radius 1 is 1.64 bits per heavy atom. The first-order chi connectivity index (χ1) is 5.16. The molecule has 0 spiro atoms. The molecule has 2 heteroatoms. The Bertz CT molecular complexity index is 152. The number of carbonyl (C=O) groups excluding carboxylic acids is 1. The molecule has 2 nitrogen and oxygen atoms in total. The van der Waals surface area contributed by atoms with E-state index in [1.165, 1.54) is 0 Å². The third-order valence-electron chi connectivity index (χ3n) is 2.80. The molecule has 1 heterocycles. The highest BCUT2D eigenvalue weighted by molar-refractivity contribution is 5.86.